The standard InChI is InChI=1S/C45H53N7O13S/c53-37-9-8-36(40(55)50-37)52-41(56)32-4-1-5-34(38(32)42(52)57)46-13-16-61-18-20-63-22-24-65-25-23-64-21-19-62-17-14-47-39(54)35-28-29-27-30(6-7-33(29)49-35)51-15-11-45(60,44(51)59)43(58)48-12-10-31-3-2-26-66-31/h1-7,26-28,36,46,49,60H,8-25H2,(H,47,54)(H,48,58)(H,50,53,55). The van der Waals surface area contributed by atoms with Crippen LogP contribution in [0, 0.1) is 0 Å². The summed E-state index contributed by atoms with van der Waals surface area (Å²) < 4.78 is 27.7. The predicted octanol–water partition coefficient (Wildman–Crippen LogP) is 1.38. The lowest BCUT2D eigenvalue weighted by atomic mass is 10.0. The summed E-state index contributed by atoms with van der Waals surface area (Å²) in [6.45, 7) is 4.57. The second kappa shape index (κ2) is 22.9. The third-order valence-corrected chi connectivity index (χ3v) is 12.1. The molecule has 7 amide bonds. The molecule has 2 aromatic carbocycles. The molecule has 7 rings (SSSR count). The topological polar surface area (TPSA) is 256 Å². The number of fused-ring (bicyclic) bond motifs is 2. The number of ether oxygens (including phenoxy) is 5. The van der Waals surface area contributed by atoms with E-state index in [1.807, 2.05) is 17.5 Å². The SMILES string of the molecule is O=C1CCC(N2C(=O)c3cccc(NCCOCCOCCOCCOCCOCCNC(=O)c4cc5cc(N6CCC(O)(C(=O)NCCc7cccs7)C6=O)ccc5[nH]4)c3C2=O)C(=O)N1. The highest BCUT2D eigenvalue weighted by Crippen LogP contribution is 2.33. The Labute approximate surface area is 383 Å². The number of nitrogens with one attached hydrogen (secondary N) is 5. The smallest absolute Gasteiger partial charge is 0.268 e. The second-order valence-corrected chi connectivity index (χ2v) is 16.6. The van der Waals surface area contributed by atoms with Crippen molar-refractivity contribution in [2.45, 2.75) is 37.3 Å². The molecule has 21 heteroatoms. The molecule has 4 aromatic rings. The van der Waals surface area contributed by atoms with Crippen molar-refractivity contribution in [2.75, 3.05) is 102 Å². The first-order valence-electron chi connectivity index (χ1n) is 21.8. The summed E-state index contributed by atoms with van der Waals surface area (Å²) in [5.74, 6) is -3.95. The van der Waals surface area contributed by atoms with E-state index in [0.29, 0.717) is 107 Å². The van der Waals surface area contributed by atoms with E-state index in [4.69, 9.17) is 23.7 Å². The van der Waals surface area contributed by atoms with Gasteiger partial charge in [0.1, 0.15) is 11.7 Å². The van der Waals surface area contributed by atoms with Crippen molar-refractivity contribution >= 4 is 75.0 Å². The number of aromatic nitrogens is 1. The molecule has 2 saturated heterocycles. The number of anilines is 2. The van der Waals surface area contributed by atoms with Crippen LogP contribution in [0.4, 0.5) is 11.4 Å². The van der Waals surface area contributed by atoms with Crippen LogP contribution in [0.1, 0.15) is 55.3 Å². The number of carbonyl (C=O) groups is 7. The molecule has 0 aliphatic carbocycles. The molecule has 2 unspecified atom stereocenters. The largest absolute Gasteiger partial charge is 0.382 e. The van der Waals surface area contributed by atoms with E-state index >= 15 is 0 Å². The van der Waals surface area contributed by atoms with E-state index in [0.717, 1.165) is 9.78 Å². The summed E-state index contributed by atoms with van der Waals surface area (Å²) in [5, 5.41) is 24.5. The number of nitrogens with zero attached hydrogens (tertiary/aromatic N) is 2. The Morgan fingerprint density at radius 2 is 1.48 bits per heavy atom. The van der Waals surface area contributed by atoms with Gasteiger partial charge in [-0.05, 0) is 60.7 Å². The number of rotatable bonds is 26. The zero-order chi connectivity index (χ0) is 46.5. The minimum Gasteiger partial charge on any atom is -0.382 e. The number of thiophene rings is 1. The van der Waals surface area contributed by atoms with Gasteiger partial charge in [0.05, 0.1) is 77.2 Å². The van der Waals surface area contributed by atoms with Crippen LogP contribution in [-0.4, -0.2) is 160 Å². The van der Waals surface area contributed by atoms with Crippen LogP contribution in [0.15, 0.2) is 60.0 Å². The van der Waals surface area contributed by atoms with Gasteiger partial charge in [0, 0.05) is 66.2 Å². The van der Waals surface area contributed by atoms with E-state index < -0.39 is 47.1 Å². The highest BCUT2D eigenvalue weighted by Gasteiger charge is 2.52. The summed E-state index contributed by atoms with van der Waals surface area (Å²) in [7, 11) is 0. The average molecular weight is 932 g/mol. The van der Waals surface area contributed by atoms with Gasteiger partial charge in [-0.25, -0.2) is 0 Å². The molecule has 3 aliphatic rings. The Balaban J connectivity index is 0.674. The zero-order valence-corrected chi connectivity index (χ0v) is 37.0. The molecule has 0 bridgehead atoms. The zero-order valence-electron chi connectivity index (χ0n) is 36.2. The van der Waals surface area contributed by atoms with Crippen molar-refractivity contribution in [1.29, 1.82) is 0 Å². The number of hydrogen-bond acceptors (Lipinski definition) is 15. The average Bonchev–Trinajstić information content (AvgIpc) is 4.11. The van der Waals surface area contributed by atoms with Gasteiger partial charge in [-0.15, -0.1) is 11.3 Å². The molecule has 2 atom stereocenters. The molecule has 6 N–H and O–H groups in total. The fourth-order valence-electron chi connectivity index (χ4n) is 7.71. The maximum Gasteiger partial charge on any atom is 0.268 e. The van der Waals surface area contributed by atoms with E-state index in [2.05, 4.69) is 26.3 Å². The highest BCUT2D eigenvalue weighted by molar-refractivity contribution is 7.09. The molecule has 352 valence electrons. The molecular weight excluding hydrogens is 879 g/mol. The lowest BCUT2D eigenvalue weighted by Gasteiger charge is -2.27. The van der Waals surface area contributed by atoms with Gasteiger partial charge >= 0.3 is 0 Å². The third kappa shape index (κ3) is 11.7. The Bertz CT molecular complexity index is 2390. The third-order valence-electron chi connectivity index (χ3n) is 11.1. The maximum atomic E-state index is 13.2. The number of carbonyl (C=O) groups excluding carboxylic acids is 7. The van der Waals surface area contributed by atoms with Crippen molar-refractivity contribution in [2.24, 2.45) is 0 Å². The van der Waals surface area contributed by atoms with Gasteiger partial charge in [-0.1, -0.05) is 12.1 Å². The number of hydrogen-bond donors (Lipinski definition) is 6. The number of aromatic amines is 1. The van der Waals surface area contributed by atoms with Crippen molar-refractivity contribution in [1.82, 2.24) is 25.8 Å². The molecule has 2 fully saturated rings. The van der Waals surface area contributed by atoms with Crippen molar-refractivity contribution in [3.63, 3.8) is 0 Å². The van der Waals surface area contributed by atoms with Gasteiger partial charge < -0.3 is 54.6 Å². The van der Waals surface area contributed by atoms with Crippen molar-refractivity contribution in [3.05, 3.63) is 81.7 Å². The van der Waals surface area contributed by atoms with Crippen LogP contribution in [0.5, 0.6) is 0 Å². The Morgan fingerprint density at radius 1 is 0.788 bits per heavy atom. The summed E-state index contributed by atoms with van der Waals surface area (Å²) in [6, 6.07) is 14.6. The fourth-order valence-corrected chi connectivity index (χ4v) is 8.42. The fraction of sp³-hybridized carbons (Fsp3) is 0.444. The Kier molecular flexibility index (Phi) is 16.6. The molecule has 0 saturated carbocycles. The van der Waals surface area contributed by atoms with Gasteiger partial charge in [0.2, 0.25) is 17.4 Å². The number of benzene rings is 2. The van der Waals surface area contributed by atoms with E-state index in [9.17, 15) is 38.7 Å². The van der Waals surface area contributed by atoms with Crippen LogP contribution >= 0.6 is 11.3 Å². The minimum atomic E-state index is -2.14. The second-order valence-electron chi connectivity index (χ2n) is 15.5. The van der Waals surface area contributed by atoms with Crippen LogP contribution in [-0.2, 0) is 49.3 Å². The first-order valence-corrected chi connectivity index (χ1v) is 22.7. The molecular formula is C45H53N7O13S. The lowest BCUT2D eigenvalue weighted by molar-refractivity contribution is -0.149. The number of amides is 7. The first kappa shape index (κ1) is 47.9. The Morgan fingerprint density at radius 3 is 2.17 bits per heavy atom. The summed E-state index contributed by atoms with van der Waals surface area (Å²) in [6.07, 6.45) is 0.714. The van der Waals surface area contributed by atoms with Gasteiger partial charge in [0.25, 0.3) is 29.5 Å². The lowest BCUT2D eigenvalue weighted by Crippen LogP contribution is -2.54. The first-order chi connectivity index (χ1) is 32.0. The van der Waals surface area contributed by atoms with Gasteiger partial charge in [-0.3, -0.25) is 43.8 Å². The van der Waals surface area contributed by atoms with Crippen LogP contribution in [0.3, 0.4) is 0 Å². The van der Waals surface area contributed by atoms with E-state index in [-0.39, 0.29) is 56.0 Å². The molecule has 0 radical (unpaired) electrons. The molecule has 3 aliphatic heterocycles. The van der Waals surface area contributed by atoms with Crippen LogP contribution in [0.2, 0.25) is 0 Å². The summed E-state index contributed by atoms with van der Waals surface area (Å²) in [5.41, 5.74) is 0.241. The van der Waals surface area contributed by atoms with Gasteiger partial charge in [0.15, 0.2) is 0 Å². The van der Waals surface area contributed by atoms with Crippen LogP contribution < -0.4 is 26.2 Å². The summed E-state index contributed by atoms with van der Waals surface area (Å²) in [4.78, 5) is 95.4. The number of imide groups is 2. The number of piperidine rings is 1. The molecule has 5 heterocycles. The van der Waals surface area contributed by atoms with Crippen LogP contribution in [0.25, 0.3) is 10.9 Å². The highest BCUT2D eigenvalue weighted by atomic mass is 32.1. The number of H-pyrrole nitrogens is 1. The summed E-state index contributed by atoms with van der Waals surface area (Å²) >= 11 is 1.57. The van der Waals surface area contributed by atoms with E-state index in [1.165, 1.54) is 11.0 Å². The molecule has 2 aromatic heterocycles. The molecule has 20 nitrogen and oxygen atoms in total. The monoisotopic (exact) mass is 931 g/mol. The Hall–Kier alpha value is -6.07. The van der Waals surface area contributed by atoms with Crippen molar-refractivity contribution in [3.8, 4) is 0 Å². The minimum absolute atomic E-state index is 0.0333. The predicted molar refractivity (Wildman–Crippen MR) is 239 cm³/mol. The molecule has 66 heavy (non-hydrogen) atoms. The quantitative estimate of drug-likeness (QED) is 0.0296. The van der Waals surface area contributed by atoms with Crippen molar-refractivity contribution < 1.29 is 62.4 Å². The molecule has 0 spiro atoms. The normalized spacial score (nSPS) is 18.3. The maximum absolute atomic E-state index is 13.2. The van der Waals surface area contributed by atoms with E-state index in [1.54, 1.807) is 47.7 Å². The van der Waals surface area contributed by atoms with Gasteiger partial charge in [-0.2, -0.15) is 0 Å². The number of aliphatic hydroxyl groups is 1.